The monoisotopic (exact) mass is 223 g/mol. The van der Waals surface area contributed by atoms with Gasteiger partial charge in [-0.15, -0.1) is 0 Å². The van der Waals surface area contributed by atoms with Crippen LogP contribution < -0.4 is 0 Å². The predicted octanol–water partition coefficient (Wildman–Crippen LogP) is -1.79. The molecule has 0 saturated carbocycles. The van der Waals surface area contributed by atoms with E-state index in [1.54, 1.807) is 6.92 Å². The number of hydrogen-bond donors (Lipinski definition) is 4. The van der Waals surface area contributed by atoms with E-state index in [1.165, 1.54) is 0 Å². The third-order valence-corrected chi connectivity index (χ3v) is 2.21. The van der Waals surface area contributed by atoms with Crippen molar-refractivity contribution < 1.29 is 31.3 Å². The second-order valence-corrected chi connectivity index (χ2v) is 3.64. The SMILES string of the molecule is [2H]CC(C)OC1O[C@H](CO)[C@H](O)[C@H](O)[C@H]1O. The Bertz CT molecular complexity index is 214. The average Bonchev–Trinajstić information content (AvgIpc) is 2.29. The molecule has 90 valence electrons. The van der Waals surface area contributed by atoms with Crippen LogP contribution in [0, 0.1) is 0 Å². The van der Waals surface area contributed by atoms with Crippen LogP contribution in [0.4, 0.5) is 0 Å². The molecule has 6 atom stereocenters. The lowest BCUT2D eigenvalue weighted by Crippen LogP contribution is -2.59. The molecular formula is C9H18O6. The summed E-state index contributed by atoms with van der Waals surface area (Å²) in [4.78, 5) is 0. The van der Waals surface area contributed by atoms with Crippen LogP contribution in [-0.2, 0) is 9.47 Å². The first kappa shape index (κ1) is 11.3. The van der Waals surface area contributed by atoms with Crippen LogP contribution in [-0.4, -0.2) is 63.8 Å². The van der Waals surface area contributed by atoms with E-state index < -0.39 is 43.4 Å². The summed E-state index contributed by atoms with van der Waals surface area (Å²) in [6.45, 7) is 1.11. The fourth-order valence-corrected chi connectivity index (χ4v) is 1.41. The molecule has 0 aromatic heterocycles. The minimum absolute atomic E-state index is 0.0188. The molecule has 1 heterocycles. The van der Waals surface area contributed by atoms with Gasteiger partial charge in [-0.2, -0.15) is 0 Å². The van der Waals surface area contributed by atoms with Gasteiger partial charge in [-0.05, 0) is 13.8 Å². The van der Waals surface area contributed by atoms with Gasteiger partial charge in [-0.1, -0.05) is 0 Å². The molecule has 2 unspecified atom stereocenters. The first-order valence-corrected chi connectivity index (χ1v) is 4.76. The second-order valence-electron chi connectivity index (χ2n) is 3.64. The van der Waals surface area contributed by atoms with Crippen molar-refractivity contribution in [3.8, 4) is 0 Å². The van der Waals surface area contributed by atoms with Crippen molar-refractivity contribution in [1.29, 1.82) is 0 Å². The van der Waals surface area contributed by atoms with Crippen molar-refractivity contribution in [2.45, 2.75) is 50.6 Å². The molecule has 0 aromatic carbocycles. The zero-order chi connectivity index (χ0) is 12.3. The molecule has 15 heavy (non-hydrogen) atoms. The quantitative estimate of drug-likeness (QED) is 0.451. The van der Waals surface area contributed by atoms with Crippen LogP contribution in [0.15, 0.2) is 0 Å². The average molecular weight is 223 g/mol. The summed E-state index contributed by atoms with van der Waals surface area (Å²) >= 11 is 0. The molecule has 1 fully saturated rings. The smallest absolute Gasteiger partial charge is 0.186 e. The molecule has 0 amide bonds. The van der Waals surface area contributed by atoms with Gasteiger partial charge in [0.05, 0.1) is 12.7 Å². The van der Waals surface area contributed by atoms with Crippen molar-refractivity contribution in [3.63, 3.8) is 0 Å². The highest BCUT2D eigenvalue weighted by molar-refractivity contribution is 4.88. The third-order valence-electron chi connectivity index (χ3n) is 2.21. The van der Waals surface area contributed by atoms with Gasteiger partial charge >= 0.3 is 0 Å². The van der Waals surface area contributed by atoms with Crippen LogP contribution in [0.3, 0.4) is 0 Å². The van der Waals surface area contributed by atoms with E-state index in [0.29, 0.717) is 0 Å². The van der Waals surface area contributed by atoms with E-state index in [9.17, 15) is 15.3 Å². The maximum absolute atomic E-state index is 9.56. The number of rotatable bonds is 3. The molecule has 0 bridgehead atoms. The molecule has 6 nitrogen and oxygen atoms in total. The fourth-order valence-electron chi connectivity index (χ4n) is 1.41. The highest BCUT2D eigenvalue weighted by Gasteiger charge is 2.44. The second kappa shape index (κ2) is 5.20. The van der Waals surface area contributed by atoms with Gasteiger partial charge in [-0.3, -0.25) is 0 Å². The van der Waals surface area contributed by atoms with Gasteiger partial charge in [0.2, 0.25) is 0 Å². The summed E-state index contributed by atoms with van der Waals surface area (Å²) in [5.41, 5.74) is 0. The van der Waals surface area contributed by atoms with E-state index in [0.717, 1.165) is 0 Å². The summed E-state index contributed by atoms with van der Waals surface area (Å²) in [7, 11) is 0. The molecule has 0 radical (unpaired) electrons. The van der Waals surface area contributed by atoms with Gasteiger partial charge in [0.15, 0.2) is 6.29 Å². The Labute approximate surface area is 89.5 Å². The van der Waals surface area contributed by atoms with Crippen LogP contribution in [0.1, 0.15) is 15.2 Å². The maximum atomic E-state index is 9.56. The fraction of sp³-hybridized carbons (Fsp3) is 1.00. The lowest BCUT2D eigenvalue weighted by Gasteiger charge is -2.40. The minimum atomic E-state index is -1.44. The van der Waals surface area contributed by atoms with Crippen molar-refractivity contribution in [1.82, 2.24) is 0 Å². The Hall–Kier alpha value is -0.240. The summed E-state index contributed by atoms with van der Waals surface area (Å²) in [5.74, 6) is 0. The molecule has 1 aliphatic heterocycles. The molecule has 1 saturated heterocycles. The molecule has 4 N–H and O–H groups in total. The highest BCUT2D eigenvalue weighted by Crippen LogP contribution is 2.22. The Morgan fingerprint density at radius 2 is 2.00 bits per heavy atom. The van der Waals surface area contributed by atoms with E-state index in [4.69, 9.17) is 16.0 Å². The van der Waals surface area contributed by atoms with Gasteiger partial charge in [0.25, 0.3) is 0 Å². The molecule has 0 aromatic rings. The normalized spacial score (nSPS) is 44.9. The minimum Gasteiger partial charge on any atom is -0.394 e. The molecule has 0 spiro atoms. The van der Waals surface area contributed by atoms with Crippen LogP contribution in [0.2, 0.25) is 0 Å². The summed E-state index contributed by atoms with van der Waals surface area (Å²) in [5, 5.41) is 37.4. The van der Waals surface area contributed by atoms with Crippen molar-refractivity contribution in [2.24, 2.45) is 0 Å². The topological polar surface area (TPSA) is 99.4 Å². The van der Waals surface area contributed by atoms with Gasteiger partial charge in [-0.25, -0.2) is 0 Å². The first-order chi connectivity index (χ1) is 7.51. The number of aliphatic hydroxyl groups excluding tert-OH is 4. The summed E-state index contributed by atoms with van der Waals surface area (Å²) < 4.78 is 17.3. The maximum Gasteiger partial charge on any atom is 0.186 e. The largest absolute Gasteiger partial charge is 0.394 e. The zero-order valence-electron chi connectivity index (χ0n) is 9.48. The molecule has 1 rings (SSSR count). The standard InChI is InChI=1S/C9H18O6/c1-4(2)14-9-8(13)7(12)6(11)5(3-10)15-9/h4-13H,3H2,1-2H3/t5-,6+,7+,8-,9?/m1/s1/i1D/t4?,5-,6+,7+,8-,9?. The summed E-state index contributed by atoms with van der Waals surface area (Å²) in [6.07, 6.45) is -6.80. The Balaban J connectivity index is 2.63. The number of hydrogen-bond acceptors (Lipinski definition) is 6. The lowest BCUT2D eigenvalue weighted by atomic mass is 9.99. The molecule has 0 aliphatic carbocycles. The lowest BCUT2D eigenvalue weighted by molar-refractivity contribution is -0.308. The first-order valence-electron chi connectivity index (χ1n) is 5.47. The Morgan fingerprint density at radius 3 is 2.53 bits per heavy atom. The number of aliphatic hydroxyl groups is 4. The Kier molecular flexibility index (Phi) is 3.90. The highest BCUT2D eigenvalue weighted by atomic mass is 16.7. The Morgan fingerprint density at radius 1 is 1.33 bits per heavy atom. The van der Waals surface area contributed by atoms with E-state index in [1.807, 2.05) is 0 Å². The molecular weight excluding hydrogens is 204 g/mol. The van der Waals surface area contributed by atoms with E-state index >= 15 is 0 Å². The van der Waals surface area contributed by atoms with Crippen molar-refractivity contribution >= 4 is 0 Å². The van der Waals surface area contributed by atoms with Crippen LogP contribution >= 0.6 is 0 Å². The zero-order valence-corrected chi connectivity index (χ0v) is 8.48. The molecule has 1 aliphatic rings. The van der Waals surface area contributed by atoms with Crippen molar-refractivity contribution in [3.05, 3.63) is 0 Å². The molecule has 6 heteroatoms. The predicted molar refractivity (Wildman–Crippen MR) is 50.0 cm³/mol. The summed E-state index contributed by atoms with van der Waals surface area (Å²) in [6, 6.07) is 0. The van der Waals surface area contributed by atoms with Crippen LogP contribution in [0.5, 0.6) is 0 Å². The van der Waals surface area contributed by atoms with Gasteiger partial charge in [0, 0.05) is 1.37 Å². The number of ether oxygens (including phenoxy) is 2. The third kappa shape index (κ3) is 2.87. The van der Waals surface area contributed by atoms with Gasteiger partial charge in [0.1, 0.15) is 24.4 Å². The van der Waals surface area contributed by atoms with Gasteiger partial charge < -0.3 is 29.9 Å². The van der Waals surface area contributed by atoms with E-state index in [2.05, 4.69) is 0 Å². The van der Waals surface area contributed by atoms with E-state index in [-0.39, 0.29) is 6.90 Å². The van der Waals surface area contributed by atoms with Crippen LogP contribution in [0.25, 0.3) is 0 Å². The van der Waals surface area contributed by atoms with Crippen molar-refractivity contribution in [2.75, 3.05) is 6.61 Å².